The molecule has 1 aliphatic carbocycles. The monoisotopic (exact) mass is 883 g/mol. The van der Waals surface area contributed by atoms with Gasteiger partial charge in [0, 0.05) is 65.7 Å². The summed E-state index contributed by atoms with van der Waals surface area (Å²) in [6.45, 7) is 0. The molecule has 0 saturated carbocycles. The molecule has 13 aromatic rings. The molecule has 14 rings (SSSR count). The normalized spacial score (nSPS) is 13.8. The second-order valence-electron chi connectivity index (χ2n) is 17.9. The van der Waals surface area contributed by atoms with Crippen molar-refractivity contribution in [3.63, 3.8) is 0 Å². The number of furan rings is 1. The number of rotatable bonds is 7. The number of allylic oxidation sites excluding steroid dienone is 4. The van der Waals surface area contributed by atoms with Gasteiger partial charge in [-0.05, 0) is 95.4 Å². The Labute approximate surface area is 397 Å². The van der Waals surface area contributed by atoms with Gasteiger partial charge in [0.15, 0.2) is 17.5 Å². The topological polar surface area (TPSA) is 61.7 Å². The second kappa shape index (κ2) is 15.8. The molecule has 0 fully saturated rings. The van der Waals surface area contributed by atoms with Gasteiger partial charge in [0.1, 0.15) is 11.2 Å². The third kappa shape index (κ3) is 6.45. The molecular weight excluding hydrogens is 843 g/mol. The molecule has 1 unspecified atom stereocenters. The van der Waals surface area contributed by atoms with Crippen LogP contribution in [-0.2, 0) is 0 Å². The third-order valence-corrected chi connectivity index (χ3v) is 13.9. The van der Waals surface area contributed by atoms with E-state index in [9.17, 15) is 0 Å². The van der Waals surface area contributed by atoms with E-state index < -0.39 is 0 Å². The summed E-state index contributed by atoms with van der Waals surface area (Å²) in [5.74, 6) is 1.84. The predicted molar refractivity (Wildman–Crippen MR) is 284 cm³/mol. The highest BCUT2D eigenvalue weighted by molar-refractivity contribution is 6.15. The first kappa shape index (κ1) is 39.1. The van der Waals surface area contributed by atoms with Gasteiger partial charge in [0.2, 0.25) is 0 Å². The van der Waals surface area contributed by atoms with Crippen LogP contribution in [0.3, 0.4) is 0 Å². The van der Waals surface area contributed by atoms with Crippen molar-refractivity contribution in [2.24, 2.45) is 0 Å². The highest BCUT2D eigenvalue weighted by Gasteiger charge is 2.22. The Bertz CT molecular complexity index is 4160. The summed E-state index contributed by atoms with van der Waals surface area (Å²) in [6, 6.07) is 73.4. The smallest absolute Gasteiger partial charge is 0.164 e. The molecule has 9 aromatic carbocycles. The van der Waals surface area contributed by atoms with Crippen molar-refractivity contribution in [2.45, 2.75) is 12.5 Å². The van der Waals surface area contributed by atoms with E-state index in [1.807, 2.05) is 72.8 Å². The lowest BCUT2D eigenvalue weighted by Gasteiger charge is -2.18. The van der Waals surface area contributed by atoms with Crippen LogP contribution in [0.25, 0.3) is 128 Å². The summed E-state index contributed by atoms with van der Waals surface area (Å²) in [5, 5.41) is 6.88. The van der Waals surface area contributed by atoms with Crippen LogP contribution in [0.15, 0.2) is 235 Å². The van der Waals surface area contributed by atoms with Crippen molar-refractivity contribution in [3.8, 4) is 62.1 Å². The van der Waals surface area contributed by atoms with Crippen molar-refractivity contribution in [2.75, 3.05) is 0 Å². The van der Waals surface area contributed by atoms with Gasteiger partial charge >= 0.3 is 0 Å². The molecule has 0 radical (unpaired) electrons. The summed E-state index contributed by atoms with van der Waals surface area (Å²) in [6.07, 6.45) is 9.89. The molecule has 1 aliphatic rings. The maximum Gasteiger partial charge on any atom is 0.164 e. The van der Waals surface area contributed by atoms with E-state index >= 15 is 0 Å². The molecule has 0 saturated heterocycles. The van der Waals surface area contributed by atoms with Gasteiger partial charge in [-0.15, -0.1) is 0 Å². The van der Waals surface area contributed by atoms with E-state index in [2.05, 4.69) is 167 Å². The minimum absolute atomic E-state index is 0.241. The molecule has 324 valence electrons. The molecule has 0 aliphatic heterocycles. The predicted octanol–water partition coefficient (Wildman–Crippen LogP) is 16.4. The van der Waals surface area contributed by atoms with E-state index in [-0.39, 0.29) is 6.04 Å². The summed E-state index contributed by atoms with van der Waals surface area (Å²) in [5.41, 5.74) is 14.9. The van der Waals surface area contributed by atoms with Crippen molar-refractivity contribution >= 4 is 65.6 Å². The van der Waals surface area contributed by atoms with Crippen molar-refractivity contribution in [1.82, 2.24) is 24.1 Å². The van der Waals surface area contributed by atoms with Crippen molar-refractivity contribution < 1.29 is 4.42 Å². The minimum Gasteiger partial charge on any atom is -0.456 e. The molecule has 1 atom stereocenters. The number of nitrogens with zero attached hydrogens (tertiary/aromatic N) is 5. The quantitative estimate of drug-likeness (QED) is 0.160. The van der Waals surface area contributed by atoms with Gasteiger partial charge in [0.05, 0.1) is 17.1 Å². The molecule has 0 spiro atoms. The molecule has 0 N–H and O–H groups in total. The molecule has 0 bridgehead atoms. The maximum atomic E-state index is 6.56. The fourth-order valence-electron chi connectivity index (χ4n) is 10.7. The van der Waals surface area contributed by atoms with E-state index in [0.29, 0.717) is 17.5 Å². The van der Waals surface area contributed by atoms with Gasteiger partial charge in [-0.25, -0.2) is 15.0 Å². The Morgan fingerprint density at radius 1 is 0.391 bits per heavy atom. The average Bonchev–Trinajstić information content (AvgIpc) is 4.08. The molecule has 4 heterocycles. The fraction of sp³-hybridized carbons (Fsp3) is 0.0317. The Morgan fingerprint density at radius 3 is 1.67 bits per heavy atom. The Hall–Kier alpha value is -9.13. The zero-order valence-corrected chi connectivity index (χ0v) is 37.4. The maximum absolute atomic E-state index is 6.56. The van der Waals surface area contributed by atoms with E-state index in [0.717, 1.165) is 67.4 Å². The lowest BCUT2D eigenvalue weighted by molar-refractivity contribution is 0.648. The van der Waals surface area contributed by atoms with Gasteiger partial charge < -0.3 is 13.6 Å². The fourth-order valence-corrected chi connectivity index (χ4v) is 10.7. The molecular formula is C63H41N5O. The SMILES string of the molecule is C1=CCC(n2c3ccc(-c4ccccc4)cc3c3cc(-n4c5ccccc5c5cc(-c6ccc7oc8cccc(-c9nc(-c%10ccccc%10)nc(-c%10ccccc%10)n9)c8c7c6)ccc54)ccc32)C=C1. The van der Waals surface area contributed by atoms with Crippen molar-refractivity contribution in [3.05, 3.63) is 231 Å². The Kier molecular flexibility index (Phi) is 8.92. The third-order valence-electron chi connectivity index (χ3n) is 13.9. The number of hydrogen-bond acceptors (Lipinski definition) is 4. The summed E-state index contributed by atoms with van der Waals surface area (Å²) >= 11 is 0. The molecule has 4 aromatic heterocycles. The van der Waals surface area contributed by atoms with Crippen molar-refractivity contribution in [1.29, 1.82) is 0 Å². The van der Waals surface area contributed by atoms with Crippen LogP contribution in [0, 0.1) is 0 Å². The first-order valence-electron chi connectivity index (χ1n) is 23.5. The van der Waals surface area contributed by atoms with Gasteiger partial charge in [-0.3, -0.25) is 0 Å². The Balaban J connectivity index is 0.915. The molecule has 6 nitrogen and oxygen atoms in total. The summed E-state index contributed by atoms with van der Waals surface area (Å²) < 4.78 is 11.5. The number of aromatic nitrogens is 5. The molecule has 69 heavy (non-hydrogen) atoms. The lowest BCUT2D eigenvalue weighted by Crippen LogP contribution is -2.06. The average molecular weight is 884 g/mol. The number of para-hydroxylation sites is 1. The van der Waals surface area contributed by atoms with Gasteiger partial charge in [0.25, 0.3) is 0 Å². The lowest BCUT2D eigenvalue weighted by atomic mass is 9.99. The Morgan fingerprint density at radius 2 is 0.957 bits per heavy atom. The zero-order valence-electron chi connectivity index (χ0n) is 37.4. The molecule has 6 heteroatoms. The first-order chi connectivity index (χ1) is 34.2. The number of benzene rings is 9. The zero-order chi connectivity index (χ0) is 45.4. The van der Waals surface area contributed by atoms with Gasteiger partial charge in [-0.2, -0.15) is 0 Å². The largest absolute Gasteiger partial charge is 0.456 e. The van der Waals surface area contributed by atoms with Gasteiger partial charge in [-0.1, -0.05) is 164 Å². The molecule has 0 amide bonds. The highest BCUT2D eigenvalue weighted by atomic mass is 16.3. The number of hydrogen-bond donors (Lipinski definition) is 0. The summed E-state index contributed by atoms with van der Waals surface area (Å²) in [7, 11) is 0. The van der Waals surface area contributed by atoms with E-state index in [4.69, 9.17) is 19.4 Å². The van der Waals surface area contributed by atoms with Crippen LogP contribution < -0.4 is 0 Å². The van der Waals surface area contributed by atoms with Crippen LogP contribution >= 0.6 is 0 Å². The van der Waals surface area contributed by atoms with E-state index in [1.165, 1.54) is 49.2 Å². The van der Waals surface area contributed by atoms with E-state index in [1.54, 1.807) is 0 Å². The van der Waals surface area contributed by atoms with Crippen LogP contribution in [0.5, 0.6) is 0 Å². The minimum atomic E-state index is 0.241. The van der Waals surface area contributed by atoms with Crippen LogP contribution in [0.1, 0.15) is 12.5 Å². The second-order valence-corrected chi connectivity index (χ2v) is 17.9. The van der Waals surface area contributed by atoms with Crippen LogP contribution in [0.4, 0.5) is 0 Å². The summed E-state index contributed by atoms with van der Waals surface area (Å²) in [4.78, 5) is 15.2. The van der Waals surface area contributed by atoms with Crippen LogP contribution in [-0.4, -0.2) is 24.1 Å². The number of fused-ring (bicyclic) bond motifs is 9. The first-order valence-corrected chi connectivity index (χ1v) is 23.5. The van der Waals surface area contributed by atoms with Crippen LogP contribution in [0.2, 0.25) is 0 Å². The standard InChI is InChI=1S/C63H41N5O/c1-5-16-40(17-6-1)43-28-32-56-51(36-43)52-39-47(31-34-57(52)67(56)46-22-11-4-12-23-46)68-54-26-14-13-24-48(54)50-37-44(29-33-55(50)68)45-30-35-58-53(38-45)60-49(25-15-27-59(60)69-58)63-65-61(41-18-7-2-8-19-41)64-62(66-63)42-20-9-3-10-21-42/h1-22,24-39,46H,23H2. The highest BCUT2D eigenvalue weighted by Crippen LogP contribution is 2.42.